The number of primary amides is 1. The van der Waals surface area contributed by atoms with E-state index in [-0.39, 0.29) is 23.5 Å². The highest BCUT2D eigenvalue weighted by molar-refractivity contribution is 6.02. The predicted molar refractivity (Wildman–Crippen MR) is 112 cm³/mol. The zero-order valence-corrected chi connectivity index (χ0v) is 15.7. The zero-order valence-electron chi connectivity index (χ0n) is 15.7. The Hall–Kier alpha value is -3.98. The summed E-state index contributed by atoms with van der Waals surface area (Å²) in [6.45, 7) is -0.00552. The van der Waals surface area contributed by atoms with Crippen molar-refractivity contribution in [1.82, 2.24) is 10.2 Å². The minimum Gasteiger partial charge on any atom is -0.382 e. The second kappa shape index (κ2) is 7.45. The molecule has 4 aromatic rings. The molecule has 0 bridgehead atoms. The number of hydrogen-bond donors (Lipinski definition) is 4. The SMILES string of the molecule is NCc1ccc(N(C(N)=O)c2ccc(-c3cccc4[nH]nc(N)c34)cc2F)cc1F. The summed E-state index contributed by atoms with van der Waals surface area (Å²) >= 11 is 0. The molecule has 7 nitrogen and oxygen atoms in total. The van der Waals surface area contributed by atoms with Gasteiger partial charge in [-0.25, -0.2) is 13.6 Å². The molecule has 0 radical (unpaired) electrons. The van der Waals surface area contributed by atoms with Crippen LogP contribution < -0.4 is 22.1 Å². The fourth-order valence-corrected chi connectivity index (χ4v) is 3.42. The fourth-order valence-electron chi connectivity index (χ4n) is 3.42. The molecule has 0 saturated heterocycles. The topological polar surface area (TPSA) is 127 Å². The lowest BCUT2D eigenvalue weighted by atomic mass is 10.0. The van der Waals surface area contributed by atoms with Gasteiger partial charge in [0.2, 0.25) is 0 Å². The van der Waals surface area contributed by atoms with Gasteiger partial charge in [0, 0.05) is 12.1 Å². The van der Waals surface area contributed by atoms with Crippen molar-refractivity contribution in [3.05, 3.63) is 71.8 Å². The van der Waals surface area contributed by atoms with E-state index in [4.69, 9.17) is 17.2 Å². The number of benzene rings is 3. The maximum absolute atomic E-state index is 15.1. The molecule has 1 heterocycles. The van der Waals surface area contributed by atoms with Crippen molar-refractivity contribution < 1.29 is 13.6 Å². The quantitative estimate of drug-likeness (QED) is 0.410. The molecule has 4 rings (SSSR count). The third kappa shape index (κ3) is 3.20. The summed E-state index contributed by atoms with van der Waals surface area (Å²) in [6, 6.07) is 12.7. The number of aromatic nitrogens is 2. The van der Waals surface area contributed by atoms with Crippen molar-refractivity contribution in [3.8, 4) is 11.1 Å². The minimum absolute atomic E-state index is 0.00552. The molecule has 3 aromatic carbocycles. The van der Waals surface area contributed by atoms with E-state index in [2.05, 4.69) is 10.2 Å². The largest absolute Gasteiger partial charge is 0.382 e. The molecule has 0 spiro atoms. The molecule has 2 amide bonds. The number of fused-ring (bicyclic) bond motifs is 1. The molecule has 9 heteroatoms. The van der Waals surface area contributed by atoms with E-state index in [9.17, 15) is 9.18 Å². The second-order valence-electron chi connectivity index (χ2n) is 6.66. The van der Waals surface area contributed by atoms with Crippen molar-refractivity contribution in [1.29, 1.82) is 0 Å². The van der Waals surface area contributed by atoms with Gasteiger partial charge in [0.05, 0.1) is 22.3 Å². The first-order valence-corrected chi connectivity index (χ1v) is 9.01. The van der Waals surface area contributed by atoms with Crippen LogP contribution in [0.25, 0.3) is 22.0 Å². The third-order valence-electron chi connectivity index (χ3n) is 4.85. The van der Waals surface area contributed by atoms with E-state index >= 15 is 4.39 Å². The zero-order chi connectivity index (χ0) is 21.4. The average molecular weight is 408 g/mol. The Bertz CT molecular complexity index is 1270. The van der Waals surface area contributed by atoms with Crippen LogP contribution in [0.2, 0.25) is 0 Å². The lowest BCUT2D eigenvalue weighted by molar-refractivity contribution is 0.256. The first-order valence-electron chi connectivity index (χ1n) is 9.01. The average Bonchev–Trinajstić information content (AvgIpc) is 3.10. The van der Waals surface area contributed by atoms with Gasteiger partial charge in [-0.15, -0.1) is 0 Å². The Kier molecular flexibility index (Phi) is 4.80. The van der Waals surface area contributed by atoms with Crippen LogP contribution in [0, 0.1) is 11.6 Å². The molecule has 0 fully saturated rings. The number of nitrogen functional groups attached to an aromatic ring is 1. The molecule has 0 atom stereocenters. The van der Waals surface area contributed by atoms with Gasteiger partial charge in [0.25, 0.3) is 0 Å². The van der Waals surface area contributed by atoms with E-state index in [1.807, 2.05) is 0 Å². The summed E-state index contributed by atoms with van der Waals surface area (Å²) in [5, 5.41) is 7.45. The highest BCUT2D eigenvalue weighted by Crippen LogP contribution is 2.35. The Labute approximate surface area is 170 Å². The summed E-state index contributed by atoms with van der Waals surface area (Å²) in [5.74, 6) is -1.03. The normalized spacial score (nSPS) is 11.0. The number of aromatic amines is 1. The summed E-state index contributed by atoms with van der Waals surface area (Å²) in [5.41, 5.74) is 19.0. The summed E-state index contributed by atoms with van der Waals surface area (Å²) in [7, 11) is 0. The van der Waals surface area contributed by atoms with Gasteiger partial charge in [0.15, 0.2) is 5.82 Å². The van der Waals surface area contributed by atoms with Crippen LogP contribution in [-0.2, 0) is 6.54 Å². The molecule has 0 aliphatic rings. The van der Waals surface area contributed by atoms with Crippen LogP contribution in [0.15, 0.2) is 54.6 Å². The lowest BCUT2D eigenvalue weighted by Gasteiger charge is -2.22. The van der Waals surface area contributed by atoms with Crippen LogP contribution in [0.4, 0.5) is 30.8 Å². The van der Waals surface area contributed by atoms with Gasteiger partial charge in [-0.2, -0.15) is 5.10 Å². The molecular weight excluding hydrogens is 390 g/mol. The number of nitrogens with one attached hydrogen (secondary N) is 1. The molecule has 0 aliphatic heterocycles. The number of H-pyrrole nitrogens is 1. The van der Waals surface area contributed by atoms with Crippen molar-refractivity contribution in [2.24, 2.45) is 11.5 Å². The molecule has 152 valence electrons. The Morgan fingerprint density at radius 1 is 1.07 bits per heavy atom. The molecule has 0 aliphatic carbocycles. The summed E-state index contributed by atoms with van der Waals surface area (Å²) in [4.78, 5) is 13.0. The minimum atomic E-state index is -0.956. The van der Waals surface area contributed by atoms with Crippen LogP contribution >= 0.6 is 0 Å². The Morgan fingerprint density at radius 2 is 1.87 bits per heavy atom. The molecule has 0 unspecified atom stereocenters. The highest BCUT2D eigenvalue weighted by atomic mass is 19.1. The lowest BCUT2D eigenvalue weighted by Crippen LogP contribution is -2.32. The van der Waals surface area contributed by atoms with E-state index in [1.54, 1.807) is 24.3 Å². The standard InChI is InChI=1S/C21H18F2N6O/c22-15-9-13(6-4-12(15)10-24)29(21(26)30)18-7-5-11(8-16(18)23)14-2-1-3-17-19(14)20(25)28-27-17/h1-9H,10,24H2,(H2,26,30)(H3,25,27,28). The van der Waals surface area contributed by atoms with Crippen molar-refractivity contribution in [3.63, 3.8) is 0 Å². The summed E-state index contributed by atoms with van der Waals surface area (Å²) < 4.78 is 29.2. The van der Waals surface area contributed by atoms with E-state index in [1.165, 1.54) is 24.3 Å². The Balaban J connectivity index is 1.80. The number of amides is 2. The monoisotopic (exact) mass is 408 g/mol. The smallest absolute Gasteiger partial charge is 0.323 e. The van der Waals surface area contributed by atoms with Gasteiger partial charge in [0.1, 0.15) is 11.6 Å². The maximum atomic E-state index is 15.1. The summed E-state index contributed by atoms with van der Waals surface area (Å²) in [6.07, 6.45) is 0. The van der Waals surface area contributed by atoms with Gasteiger partial charge < -0.3 is 17.2 Å². The van der Waals surface area contributed by atoms with E-state index in [0.29, 0.717) is 27.8 Å². The molecular formula is C21H18F2N6O. The first-order chi connectivity index (χ1) is 14.4. The van der Waals surface area contributed by atoms with Crippen LogP contribution in [0.3, 0.4) is 0 Å². The number of halogens is 2. The number of carbonyl (C=O) groups is 1. The van der Waals surface area contributed by atoms with Crippen molar-refractivity contribution in [2.75, 3.05) is 10.6 Å². The van der Waals surface area contributed by atoms with Gasteiger partial charge in [-0.3, -0.25) is 10.00 Å². The van der Waals surface area contributed by atoms with Crippen LogP contribution in [-0.4, -0.2) is 16.2 Å². The van der Waals surface area contributed by atoms with Gasteiger partial charge >= 0.3 is 6.03 Å². The highest BCUT2D eigenvalue weighted by Gasteiger charge is 2.21. The molecule has 30 heavy (non-hydrogen) atoms. The number of carbonyl (C=O) groups excluding carboxylic acids is 1. The fraction of sp³-hybridized carbons (Fsp3) is 0.0476. The number of anilines is 3. The maximum Gasteiger partial charge on any atom is 0.323 e. The third-order valence-corrected chi connectivity index (χ3v) is 4.85. The number of hydrogen-bond acceptors (Lipinski definition) is 4. The van der Waals surface area contributed by atoms with E-state index in [0.717, 1.165) is 11.0 Å². The number of rotatable bonds is 4. The predicted octanol–water partition coefficient (Wildman–Crippen LogP) is 3.77. The number of nitrogens with zero attached hydrogens (tertiary/aromatic N) is 2. The van der Waals surface area contributed by atoms with Gasteiger partial charge in [-0.1, -0.05) is 24.3 Å². The van der Waals surface area contributed by atoms with Crippen molar-refractivity contribution >= 4 is 34.1 Å². The second-order valence-corrected chi connectivity index (χ2v) is 6.66. The first kappa shape index (κ1) is 19.3. The number of urea groups is 1. The van der Waals surface area contributed by atoms with Gasteiger partial charge in [-0.05, 0) is 41.5 Å². The van der Waals surface area contributed by atoms with Crippen LogP contribution in [0.1, 0.15) is 5.56 Å². The van der Waals surface area contributed by atoms with E-state index < -0.39 is 17.7 Å². The Morgan fingerprint density at radius 3 is 2.53 bits per heavy atom. The van der Waals surface area contributed by atoms with Crippen molar-refractivity contribution in [2.45, 2.75) is 6.54 Å². The molecule has 7 N–H and O–H groups in total. The van der Waals surface area contributed by atoms with Crippen LogP contribution in [0.5, 0.6) is 0 Å². The molecule has 0 saturated carbocycles. The number of nitrogens with two attached hydrogens (primary N) is 3. The molecule has 1 aromatic heterocycles.